The fourth-order valence-corrected chi connectivity index (χ4v) is 5.77. The van der Waals surface area contributed by atoms with Gasteiger partial charge in [-0.05, 0) is 60.4 Å². The average molecular weight is 437 g/mol. The number of piperidine rings is 1. The summed E-state index contributed by atoms with van der Waals surface area (Å²) in [6.07, 6.45) is 4.24. The molecule has 4 rings (SSSR count). The molecule has 4 atom stereocenters. The number of Topliss-reactive ketones (excluding diaryl/α,β-unsaturated/α-hetero) is 1. The van der Waals surface area contributed by atoms with Crippen LogP contribution in [0.3, 0.4) is 0 Å². The molecule has 31 heavy (non-hydrogen) atoms. The smallest absolute Gasteiger partial charge is 0.178 e. The van der Waals surface area contributed by atoms with Crippen molar-refractivity contribution < 1.29 is 13.2 Å². The lowest BCUT2D eigenvalue weighted by Crippen LogP contribution is -2.42. The van der Waals surface area contributed by atoms with E-state index >= 15 is 0 Å². The quantitative estimate of drug-likeness (QED) is 0.677. The van der Waals surface area contributed by atoms with Crippen LogP contribution >= 0.6 is 0 Å². The maximum Gasteiger partial charge on any atom is 0.178 e. The highest BCUT2D eigenvalue weighted by Gasteiger charge is 2.42. The Bertz CT molecular complexity index is 1090. The molecule has 0 unspecified atom stereocenters. The van der Waals surface area contributed by atoms with E-state index in [0.717, 1.165) is 29.5 Å². The summed E-state index contributed by atoms with van der Waals surface area (Å²) < 4.78 is 23.9. The summed E-state index contributed by atoms with van der Waals surface area (Å²) in [7, 11) is -3.20. The second-order valence-electron chi connectivity index (χ2n) is 8.74. The van der Waals surface area contributed by atoms with Crippen molar-refractivity contribution in [1.29, 1.82) is 5.26 Å². The topological polar surface area (TPSA) is 87.0 Å². The Hall–Kier alpha value is -2.49. The summed E-state index contributed by atoms with van der Waals surface area (Å²) in [6.45, 7) is 1.64. The number of rotatable bonds is 8. The van der Waals surface area contributed by atoms with Gasteiger partial charge in [-0.1, -0.05) is 43.3 Å². The van der Waals surface area contributed by atoms with Crippen LogP contribution in [0.25, 0.3) is 11.1 Å². The summed E-state index contributed by atoms with van der Waals surface area (Å²) in [6, 6.07) is 17.6. The van der Waals surface area contributed by atoms with Crippen molar-refractivity contribution in [1.82, 2.24) is 5.32 Å². The molecule has 2 fully saturated rings. The van der Waals surface area contributed by atoms with E-state index in [9.17, 15) is 18.5 Å². The van der Waals surface area contributed by atoms with Crippen LogP contribution < -0.4 is 5.32 Å². The molecule has 1 aliphatic heterocycles. The number of nitrogens with zero attached hydrogens (tertiary/aromatic N) is 1. The number of hydrogen-bond acceptors (Lipinski definition) is 5. The Balaban J connectivity index is 1.38. The number of benzene rings is 2. The van der Waals surface area contributed by atoms with Gasteiger partial charge in [0.1, 0.15) is 0 Å². The molecule has 1 saturated heterocycles. The van der Waals surface area contributed by atoms with Gasteiger partial charge in [-0.15, -0.1) is 0 Å². The zero-order valence-corrected chi connectivity index (χ0v) is 18.6. The van der Waals surface area contributed by atoms with Crippen LogP contribution in [0.4, 0.5) is 0 Å². The number of carbonyl (C=O) groups is 1. The van der Waals surface area contributed by atoms with Gasteiger partial charge in [0, 0.05) is 12.5 Å². The van der Waals surface area contributed by atoms with Gasteiger partial charge in [0.15, 0.2) is 15.6 Å². The van der Waals surface area contributed by atoms with Gasteiger partial charge in [-0.3, -0.25) is 4.79 Å². The number of ketones is 1. The molecule has 2 aromatic carbocycles. The Morgan fingerprint density at radius 2 is 1.74 bits per heavy atom. The van der Waals surface area contributed by atoms with Crippen LogP contribution in [0.1, 0.15) is 38.2 Å². The van der Waals surface area contributed by atoms with Crippen LogP contribution in [-0.2, 0) is 21.1 Å². The average Bonchev–Trinajstić information content (AvgIpc) is 3.43. The summed E-state index contributed by atoms with van der Waals surface area (Å²) in [5, 5.41) is 13.0. The van der Waals surface area contributed by atoms with E-state index in [2.05, 4.69) is 11.4 Å². The molecule has 2 bridgehead atoms. The molecule has 1 heterocycles. The molecule has 162 valence electrons. The van der Waals surface area contributed by atoms with Gasteiger partial charge >= 0.3 is 0 Å². The minimum absolute atomic E-state index is 0.0588. The van der Waals surface area contributed by atoms with Gasteiger partial charge in [0.05, 0.1) is 28.7 Å². The zero-order valence-electron chi connectivity index (χ0n) is 17.8. The number of sulfone groups is 1. The maximum absolute atomic E-state index is 12.7. The van der Waals surface area contributed by atoms with Gasteiger partial charge in [0.2, 0.25) is 0 Å². The fourth-order valence-electron chi connectivity index (χ4n) is 4.89. The summed E-state index contributed by atoms with van der Waals surface area (Å²) in [4.78, 5) is 13.0. The highest BCUT2D eigenvalue weighted by Crippen LogP contribution is 2.36. The highest BCUT2D eigenvalue weighted by molar-refractivity contribution is 7.91. The number of carbonyl (C=O) groups excluding carboxylic acids is 1. The molecule has 2 aliphatic rings. The van der Waals surface area contributed by atoms with E-state index in [1.165, 1.54) is 6.42 Å². The van der Waals surface area contributed by atoms with Gasteiger partial charge in [0.25, 0.3) is 0 Å². The first-order valence-corrected chi connectivity index (χ1v) is 12.7. The van der Waals surface area contributed by atoms with E-state index in [1.54, 1.807) is 19.1 Å². The van der Waals surface area contributed by atoms with Crippen LogP contribution in [0.2, 0.25) is 0 Å². The van der Waals surface area contributed by atoms with E-state index in [4.69, 9.17) is 0 Å². The van der Waals surface area contributed by atoms with E-state index < -0.39 is 9.84 Å². The number of fused-ring (bicyclic) bond motifs is 2. The lowest BCUT2D eigenvalue weighted by molar-refractivity contribution is -0.122. The molecule has 1 aliphatic carbocycles. The zero-order chi connectivity index (χ0) is 22.0. The van der Waals surface area contributed by atoms with Gasteiger partial charge in [-0.25, -0.2) is 8.42 Å². The Morgan fingerprint density at radius 3 is 2.26 bits per heavy atom. The van der Waals surface area contributed by atoms with Crippen LogP contribution in [-0.4, -0.2) is 32.0 Å². The van der Waals surface area contributed by atoms with Crippen molar-refractivity contribution in [3.05, 3.63) is 54.1 Å². The second-order valence-corrected chi connectivity index (χ2v) is 11.0. The Morgan fingerprint density at radius 1 is 1.10 bits per heavy atom. The van der Waals surface area contributed by atoms with Crippen molar-refractivity contribution in [2.45, 2.75) is 56.0 Å². The third-order valence-electron chi connectivity index (χ3n) is 6.70. The molecule has 2 aromatic rings. The minimum Gasteiger partial charge on any atom is -0.304 e. The Labute approximate surface area is 184 Å². The molecule has 0 radical (unpaired) electrons. The van der Waals surface area contributed by atoms with Crippen molar-refractivity contribution in [2.75, 3.05) is 5.75 Å². The van der Waals surface area contributed by atoms with Crippen LogP contribution in [0.5, 0.6) is 0 Å². The monoisotopic (exact) mass is 436 g/mol. The SMILES string of the molecule is CCS(=O)(=O)c1ccc(-c2ccc(C[C@@H](C#N)CC(=O)[C@H]3N[C@@H]4CC[C@H]3C4)cc2)cc1. The molecule has 1 N–H and O–H groups in total. The first-order valence-electron chi connectivity index (χ1n) is 11.0. The predicted molar refractivity (Wildman–Crippen MR) is 120 cm³/mol. The van der Waals surface area contributed by atoms with Crippen molar-refractivity contribution in [2.24, 2.45) is 11.8 Å². The van der Waals surface area contributed by atoms with E-state index in [0.29, 0.717) is 29.7 Å². The number of nitrogens with one attached hydrogen (secondary N) is 1. The van der Waals surface area contributed by atoms with Gasteiger partial charge < -0.3 is 5.32 Å². The Kier molecular flexibility index (Phi) is 6.27. The third kappa shape index (κ3) is 4.73. The van der Waals surface area contributed by atoms with Crippen molar-refractivity contribution >= 4 is 15.6 Å². The van der Waals surface area contributed by atoms with Crippen LogP contribution in [0.15, 0.2) is 53.4 Å². The standard InChI is InChI=1S/C25H28N2O3S/c1-2-31(29,30)23-11-8-20(9-12-23)19-5-3-17(4-6-19)13-18(16-26)14-24(28)25-21-7-10-22(15-21)27-25/h3-6,8-9,11-12,18,21-22,25,27H,2,7,10,13-15H2,1H3/t18-,21+,22-,25+/m1/s1. The second kappa shape index (κ2) is 8.94. The first kappa shape index (κ1) is 21.7. The summed E-state index contributed by atoms with van der Waals surface area (Å²) >= 11 is 0. The molecule has 0 amide bonds. The molecule has 5 nitrogen and oxygen atoms in total. The molecule has 0 aromatic heterocycles. The van der Waals surface area contributed by atoms with Crippen molar-refractivity contribution in [3.8, 4) is 17.2 Å². The van der Waals surface area contributed by atoms with Gasteiger partial charge in [-0.2, -0.15) is 5.26 Å². The lowest BCUT2D eigenvalue weighted by Gasteiger charge is -2.22. The largest absolute Gasteiger partial charge is 0.304 e. The maximum atomic E-state index is 12.7. The molecular formula is C25H28N2O3S. The lowest BCUT2D eigenvalue weighted by atomic mass is 9.88. The normalized spacial score (nSPS) is 23.4. The minimum atomic E-state index is -3.20. The van der Waals surface area contributed by atoms with E-state index in [-0.39, 0.29) is 23.5 Å². The molecule has 0 spiro atoms. The summed E-state index contributed by atoms with van der Waals surface area (Å²) in [5.41, 5.74) is 2.95. The summed E-state index contributed by atoms with van der Waals surface area (Å²) in [5.74, 6) is 0.395. The molecular weight excluding hydrogens is 408 g/mol. The van der Waals surface area contributed by atoms with Crippen LogP contribution in [0, 0.1) is 23.2 Å². The fraction of sp³-hybridized carbons (Fsp3) is 0.440. The number of nitriles is 1. The molecule has 6 heteroatoms. The number of hydrogen-bond donors (Lipinski definition) is 1. The highest BCUT2D eigenvalue weighted by atomic mass is 32.2. The van der Waals surface area contributed by atoms with Crippen molar-refractivity contribution in [3.63, 3.8) is 0 Å². The van der Waals surface area contributed by atoms with E-state index in [1.807, 2.05) is 36.4 Å². The predicted octanol–water partition coefficient (Wildman–Crippen LogP) is 3.93. The molecule has 1 saturated carbocycles. The first-order chi connectivity index (χ1) is 14.9. The third-order valence-corrected chi connectivity index (χ3v) is 8.45.